The third kappa shape index (κ3) is 4.18. The number of allylic oxidation sites excluding steroid dienone is 1. The molecular formula is C16H36OSi3. The first-order valence-electron chi connectivity index (χ1n) is 8.43. The van der Waals surface area contributed by atoms with Crippen LogP contribution in [0.5, 0.6) is 0 Å². The highest BCUT2D eigenvalue weighted by Crippen LogP contribution is 2.40. The third-order valence-electron chi connectivity index (χ3n) is 6.08. The van der Waals surface area contributed by atoms with Gasteiger partial charge in [0.05, 0.1) is 7.11 Å². The summed E-state index contributed by atoms with van der Waals surface area (Å²) in [7, 11) is -3.55. The smallest absolute Gasteiger partial charge is 0.171 e. The third-order valence-corrected chi connectivity index (χ3v) is 46.5. The molecule has 1 unspecified atom stereocenters. The Morgan fingerprint density at radius 2 is 1.60 bits per heavy atom. The van der Waals surface area contributed by atoms with Crippen LogP contribution in [0.1, 0.15) is 38.5 Å². The maximum Gasteiger partial charge on any atom is 0.171 e. The van der Waals surface area contributed by atoms with E-state index < -0.39 is 22.5 Å². The van der Waals surface area contributed by atoms with Crippen molar-refractivity contribution in [1.82, 2.24) is 0 Å². The second kappa shape index (κ2) is 7.07. The SMILES string of the molecule is C=CCCCCCCC1C[Si](C)(C)[Si](C)(C)[Si](C)(C)O1. The molecule has 0 bridgehead atoms. The minimum atomic E-state index is -1.41. The standard InChI is InChI=1S/C16H36OSi3/c1-8-9-10-11-12-13-14-16-15-18(2,3)20(6,7)19(4,5)17-16/h8,16H,1,9-15H2,2-7H3. The zero-order valence-corrected chi connectivity index (χ0v) is 17.7. The number of rotatable bonds is 7. The average Bonchev–Trinajstić information content (AvgIpc) is 2.30. The molecule has 0 saturated carbocycles. The van der Waals surface area contributed by atoms with Gasteiger partial charge in [-0.15, -0.1) is 6.58 Å². The van der Waals surface area contributed by atoms with Crippen molar-refractivity contribution in [1.29, 1.82) is 0 Å². The lowest BCUT2D eigenvalue weighted by atomic mass is 10.1. The summed E-state index contributed by atoms with van der Waals surface area (Å²) in [5.74, 6) is 0. The first-order chi connectivity index (χ1) is 9.14. The normalized spacial score (nSPS) is 27.2. The summed E-state index contributed by atoms with van der Waals surface area (Å²) in [6.45, 7) is 19.3. The maximum atomic E-state index is 6.67. The predicted molar refractivity (Wildman–Crippen MR) is 100 cm³/mol. The van der Waals surface area contributed by atoms with Crippen molar-refractivity contribution in [2.24, 2.45) is 0 Å². The van der Waals surface area contributed by atoms with Gasteiger partial charge in [-0.25, -0.2) is 0 Å². The van der Waals surface area contributed by atoms with Crippen molar-refractivity contribution < 1.29 is 4.43 Å². The predicted octanol–water partition coefficient (Wildman–Crippen LogP) is 5.69. The molecule has 1 atom stereocenters. The summed E-state index contributed by atoms with van der Waals surface area (Å²) in [4.78, 5) is 0. The average molecular weight is 329 g/mol. The summed E-state index contributed by atoms with van der Waals surface area (Å²) in [5.41, 5.74) is 0. The van der Waals surface area contributed by atoms with E-state index in [0.29, 0.717) is 6.10 Å². The molecule has 1 saturated heterocycles. The molecule has 1 aliphatic rings. The molecule has 0 aromatic rings. The van der Waals surface area contributed by atoms with Gasteiger partial charge in [0.25, 0.3) is 0 Å². The molecule has 118 valence electrons. The van der Waals surface area contributed by atoms with Gasteiger partial charge < -0.3 is 4.43 Å². The van der Waals surface area contributed by atoms with Crippen molar-refractivity contribution in [2.45, 2.75) is 90.0 Å². The summed E-state index contributed by atoms with van der Waals surface area (Å²) in [6.07, 6.45) is 10.5. The van der Waals surface area contributed by atoms with Crippen molar-refractivity contribution in [3.05, 3.63) is 12.7 Å². The van der Waals surface area contributed by atoms with Gasteiger partial charge >= 0.3 is 0 Å². The van der Waals surface area contributed by atoms with Crippen molar-refractivity contribution >= 4 is 22.5 Å². The fourth-order valence-corrected chi connectivity index (χ4v) is 33.1. The van der Waals surface area contributed by atoms with Gasteiger partial charge in [-0.2, -0.15) is 0 Å². The number of unbranched alkanes of at least 4 members (excludes halogenated alkanes) is 4. The van der Waals surface area contributed by atoms with Gasteiger partial charge in [-0.05, 0) is 38.4 Å². The second-order valence-electron chi connectivity index (χ2n) is 8.24. The molecule has 0 aliphatic carbocycles. The zero-order chi connectivity index (χ0) is 15.4. The molecule has 0 aromatic heterocycles. The van der Waals surface area contributed by atoms with Gasteiger partial charge in [-0.1, -0.05) is 51.5 Å². The topological polar surface area (TPSA) is 9.23 Å². The molecule has 20 heavy (non-hydrogen) atoms. The fraction of sp³-hybridized carbons (Fsp3) is 0.875. The van der Waals surface area contributed by atoms with E-state index in [9.17, 15) is 0 Å². The molecule has 1 aliphatic heterocycles. The lowest BCUT2D eigenvalue weighted by Gasteiger charge is -2.54. The van der Waals surface area contributed by atoms with E-state index >= 15 is 0 Å². The van der Waals surface area contributed by atoms with E-state index in [0.717, 1.165) is 0 Å². The Hall–Kier alpha value is 0.351. The highest BCUT2D eigenvalue weighted by Gasteiger charge is 2.58. The Morgan fingerprint density at radius 3 is 2.15 bits per heavy atom. The van der Waals surface area contributed by atoms with Crippen LogP contribution in [-0.4, -0.2) is 28.6 Å². The molecule has 0 radical (unpaired) electrons. The van der Waals surface area contributed by atoms with Gasteiger partial charge in [0.2, 0.25) is 0 Å². The van der Waals surface area contributed by atoms with E-state index in [1.165, 1.54) is 44.6 Å². The Labute approximate surface area is 129 Å². The van der Waals surface area contributed by atoms with Crippen molar-refractivity contribution in [2.75, 3.05) is 0 Å². The van der Waals surface area contributed by atoms with Gasteiger partial charge in [0, 0.05) is 13.7 Å². The molecule has 1 heterocycles. The van der Waals surface area contributed by atoms with E-state index in [4.69, 9.17) is 4.43 Å². The fourth-order valence-electron chi connectivity index (χ4n) is 3.42. The van der Waals surface area contributed by atoms with Crippen LogP contribution < -0.4 is 0 Å². The van der Waals surface area contributed by atoms with Gasteiger partial charge in [0.1, 0.15) is 0 Å². The number of hydrogen-bond acceptors (Lipinski definition) is 1. The molecular weight excluding hydrogens is 292 g/mol. The molecule has 1 nitrogen and oxygen atoms in total. The Bertz CT molecular complexity index is 304. The van der Waals surface area contributed by atoms with E-state index in [1.807, 2.05) is 6.08 Å². The van der Waals surface area contributed by atoms with Crippen LogP contribution in [0.15, 0.2) is 12.7 Å². The van der Waals surface area contributed by atoms with Crippen LogP contribution >= 0.6 is 0 Å². The first-order valence-corrected chi connectivity index (χ1v) is 19.5. The Balaban J connectivity index is 2.44. The zero-order valence-electron chi connectivity index (χ0n) is 14.7. The molecule has 0 spiro atoms. The van der Waals surface area contributed by atoms with Crippen LogP contribution in [0.25, 0.3) is 0 Å². The first kappa shape index (κ1) is 18.4. The molecule has 1 fully saturated rings. The summed E-state index contributed by atoms with van der Waals surface area (Å²) < 4.78 is 6.67. The summed E-state index contributed by atoms with van der Waals surface area (Å²) in [5, 5.41) is 0. The van der Waals surface area contributed by atoms with Crippen LogP contribution in [0.2, 0.25) is 45.3 Å². The van der Waals surface area contributed by atoms with Crippen LogP contribution in [0, 0.1) is 0 Å². The van der Waals surface area contributed by atoms with Crippen LogP contribution in [0.3, 0.4) is 0 Å². The van der Waals surface area contributed by atoms with Crippen molar-refractivity contribution in [3.63, 3.8) is 0 Å². The highest BCUT2D eigenvalue weighted by atomic mass is 29.6. The quantitative estimate of drug-likeness (QED) is 0.331. The molecule has 0 amide bonds. The summed E-state index contributed by atoms with van der Waals surface area (Å²) >= 11 is 0. The minimum absolute atomic E-state index is 0.596. The lowest BCUT2D eigenvalue weighted by molar-refractivity contribution is 0.199. The summed E-state index contributed by atoms with van der Waals surface area (Å²) in [6, 6.07) is 1.43. The van der Waals surface area contributed by atoms with E-state index in [2.05, 4.69) is 45.9 Å². The lowest BCUT2D eigenvalue weighted by Crippen LogP contribution is -2.76. The van der Waals surface area contributed by atoms with Gasteiger partial charge in [0.15, 0.2) is 7.83 Å². The molecule has 4 heteroatoms. The number of hydrogen-bond donors (Lipinski definition) is 0. The van der Waals surface area contributed by atoms with E-state index in [1.54, 1.807) is 0 Å². The Morgan fingerprint density at radius 1 is 1.00 bits per heavy atom. The maximum absolute atomic E-state index is 6.67. The molecule has 0 N–H and O–H groups in total. The van der Waals surface area contributed by atoms with Crippen LogP contribution in [-0.2, 0) is 4.43 Å². The molecule has 1 rings (SSSR count). The molecule has 0 aromatic carbocycles. The van der Waals surface area contributed by atoms with Crippen LogP contribution in [0.4, 0.5) is 0 Å². The van der Waals surface area contributed by atoms with E-state index in [-0.39, 0.29) is 0 Å². The van der Waals surface area contributed by atoms with Gasteiger partial charge in [-0.3, -0.25) is 0 Å². The Kier molecular flexibility index (Phi) is 6.51. The highest BCUT2D eigenvalue weighted by molar-refractivity contribution is 7.67. The minimum Gasteiger partial charge on any atom is -0.418 e. The monoisotopic (exact) mass is 328 g/mol. The second-order valence-corrected chi connectivity index (χ2v) is 35.6. The van der Waals surface area contributed by atoms with Crippen molar-refractivity contribution in [3.8, 4) is 0 Å². The largest absolute Gasteiger partial charge is 0.418 e.